The topological polar surface area (TPSA) is 4.36 Å². The largest absolute Gasteiger partial charge is 0.316 e. The maximum Gasteiger partial charge on any atom is 0.220 e. The highest BCUT2D eigenvalue weighted by molar-refractivity contribution is 5.06. The van der Waals surface area contributed by atoms with Crippen molar-refractivity contribution in [3.05, 3.63) is 11.4 Å². The molecule has 0 radical (unpaired) electrons. The van der Waals surface area contributed by atoms with Crippen molar-refractivity contribution >= 4 is 0 Å². The van der Waals surface area contributed by atoms with Gasteiger partial charge in [0.25, 0.3) is 0 Å². The lowest BCUT2D eigenvalue weighted by atomic mass is 9.46. The molecule has 0 N–H and O–H groups in total. The third-order valence-electron chi connectivity index (χ3n) is 5.42. The molecule has 4 rings (SSSR count). The molecule has 0 aromatic carbocycles. The van der Waals surface area contributed by atoms with Crippen LogP contribution in [0.2, 0.25) is 0 Å². The van der Waals surface area contributed by atoms with Crippen LogP contribution < -0.4 is 0 Å². The monoisotopic (exact) mass is 189 g/mol. The van der Waals surface area contributed by atoms with Gasteiger partial charge in [0.05, 0.1) is 0 Å². The summed E-state index contributed by atoms with van der Waals surface area (Å²) >= 11 is 0. The van der Waals surface area contributed by atoms with Crippen LogP contribution in [-0.4, -0.2) is 6.54 Å². The van der Waals surface area contributed by atoms with Gasteiger partial charge in [-0.15, -0.1) is 0 Å². The Morgan fingerprint density at radius 2 is 1.57 bits per heavy atom. The Labute approximate surface area is 86.7 Å². The smallest absolute Gasteiger partial charge is 0.220 e. The predicted molar refractivity (Wildman–Crippen MR) is 56.6 cm³/mol. The van der Waals surface area contributed by atoms with Crippen LogP contribution >= 0.6 is 0 Å². The Bertz CT molecular complexity index is 258. The van der Waals surface area contributed by atoms with Crippen molar-refractivity contribution < 1.29 is 0 Å². The fraction of sp³-hybridized carbons (Fsp3) is 0.923. The molecule has 0 atom stereocenters. The van der Waals surface area contributed by atoms with Crippen LogP contribution in [0.4, 0.5) is 0 Å². The first-order valence-corrected chi connectivity index (χ1v) is 6.05. The average Bonchev–Trinajstić information content (AvgIpc) is 2.14. The number of rotatable bonds is 1. The quantitative estimate of drug-likeness (QED) is 0.557. The fourth-order valence-corrected chi connectivity index (χ4v) is 4.69. The van der Waals surface area contributed by atoms with Gasteiger partial charge in [0.2, 0.25) is 6.54 Å². The van der Waals surface area contributed by atoms with Crippen LogP contribution in [0.5, 0.6) is 0 Å². The zero-order valence-corrected chi connectivity index (χ0v) is 9.00. The average molecular weight is 189 g/mol. The molecule has 4 aliphatic carbocycles. The van der Waals surface area contributed by atoms with Crippen LogP contribution in [0.1, 0.15) is 39.0 Å². The molecule has 1 nitrogen and oxygen atoms in total. The van der Waals surface area contributed by atoms with Gasteiger partial charge in [-0.3, -0.25) is 0 Å². The van der Waals surface area contributed by atoms with Gasteiger partial charge in [0.15, 0.2) is 0 Å². The molecule has 0 unspecified atom stereocenters. The van der Waals surface area contributed by atoms with E-state index >= 15 is 0 Å². The fourth-order valence-electron chi connectivity index (χ4n) is 4.69. The third-order valence-corrected chi connectivity index (χ3v) is 5.42. The van der Waals surface area contributed by atoms with E-state index in [-0.39, 0.29) is 0 Å². The molecular weight excluding hydrogens is 170 g/mol. The molecule has 0 aromatic heterocycles. The second kappa shape index (κ2) is 2.75. The van der Waals surface area contributed by atoms with Crippen molar-refractivity contribution in [1.82, 2.24) is 0 Å². The van der Waals surface area contributed by atoms with E-state index in [1.807, 2.05) is 0 Å². The van der Waals surface area contributed by atoms with E-state index in [1.165, 1.54) is 32.1 Å². The lowest BCUT2D eigenvalue weighted by molar-refractivity contribution is -0.0889. The van der Waals surface area contributed by atoms with Crippen molar-refractivity contribution in [2.75, 3.05) is 6.54 Å². The predicted octanol–water partition coefficient (Wildman–Crippen LogP) is 3.37. The van der Waals surface area contributed by atoms with Crippen molar-refractivity contribution in [3.8, 4) is 0 Å². The zero-order valence-electron chi connectivity index (χ0n) is 9.00. The Hall–Kier alpha value is -0.510. The Morgan fingerprint density at radius 3 is 2.00 bits per heavy atom. The van der Waals surface area contributed by atoms with E-state index in [0.29, 0.717) is 5.41 Å². The summed E-state index contributed by atoms with van der Waals surface area (Å²) in [5, 5.41) is 0. The summed E-state index contributed by atoms with van der Waals surface area (Å²) in [6, 6.07) is 0. The molecule has 0 saturated heterocycles. The summed E-state index contributed by atoms with van der Waals surface area (Å²) in [6.45, 7) is 10.3. The molecule has 0 aromatic rings. The van der Waals surface area contributed by atoms with Crippen LogP contribution in [0.25, 0.3) is 4.85 Å². The van der Waals surface area contributed by atoms with Crippen LogP contribution in [0.3, 0.4) is 0 Å². The van der Waals surface area contributed by atoms with Gasteiger partial charge >= 0.3 is 0 Å². The van der Waals surface area contributed by atoms with Crippen molar-refractivity contribution in [2.45, 2.75) is 39.0 Å². The van der Waals surface area contributed by atoms with Gasteiger partial charge in [-0.25, -0.2) is 6.57 Å². The highest BCUT2D eigenvalue weighted by Crippen LogP contribution is 2.62. The highest BCUT2D eigenvalue weighted by atomic mass is 14.7. The normalized spacial score (nSPS) is 54.6. The van der Waals surface area contributed by atoms with E-state index in [9.17, 15) is 0 Å². The first kappa shape index (κ1) is 8.77. The van der Waals surface area contributed by atoms with E-state index < -0.39 is 0 Å². The number of hydrogen-bond acceptors (Lipinski definition) is 0. The van der Waals surface area contributed by atoms with Gasteiger partial charge in [0.1, 0.15) is 0 Å². The van der Waals surface area contributed by atoms with E-state index in [2.05, 4.69) is 11.8 Å². The summed E-state index contributed by atoms with van der Waals surface area (Å²) in [5.74, 6) is 3.87. The third kappa shape index (κ3) is 1.00. The van der Waals surface area contributed by atoms with Crippen LogP contribution in [0.15, 0.2) is 0 Å². The molecule has 0 heterocycles. The van der Waals surface area contributed by atoms with Gasteiger partial charge < -0.3 is 4.85 Å². The second-order valence-electron chi connectivity index (χ2n) is 6.13. The molecule has 0 amide bonds. The molecule has 14 heavy (non-hydrogen) atoms. The molecule has 4 aliphatic rings. The first-order chi connectivity index (χ1) is 6.72. The standard InChI is InChI=1S/C13H19N/c1-13(8-14-2)11-4-9-3-10(6-11)7-12(13)5-9/h9-12H,3-8H2,1H3. The Kier molecular flexibility index (Phi) is 1.72. The first-order valence-electron chi connectivity index (χ1n) is 6.05. The van der Waals surface area contributed by atoms with Gasteiger partial charge in [-0.2, -0.15) is 0 Å². The molecular formula is C13H19N. The summed E-state index contributed by atoms with van der Waals surface area (Å²) in [5.41, 5.74) is 0.398. The molecule has 1 heteroatoms. The van der Waals surface area contributed by atoms with Crippen LogP contribution in [-0.2, 0) is 0 Å². The van der Waals surface area contributed by atoms with E-state index in [4.69, 9.17) is 6.57 Å². The Balaban J connectivity index is 1.91. The maximum absolute atomic E-state index is 7.13. The molecule has 0 spiro atoms. The SMILES string of the molecule is [C-]#[N+]CC1(C)C2CC3CC(C2)CC1C3. The summed E-state index contributed by atoms with van der Waals surface area (Å²) in [7, 11) is 0. The molecule has 76 valence electrons. The lowest BCUT2D eigenvalue weighted by Crippen LogP contribution is -2.52. The van der Waals surface area contributed by atoms with Crippen molar-refractivity contribution in [1.29, 1.82) is 0 Å². The second-order valence-corrected chi connectivity index (χ2v) is 6.13. The Morgan fingerprint density at radius 1 is 1.07 bits per heavy atom. The maximum atomic E-state index is 7.13. The highest BCUT2D eigenvalue weighted by Gasteiger charge is 2.56. The summed E-state index contributed by atoms with van der Waals surface area (Å²) in [6.07, 6.45) is 7.29. The van der Waals surface area contributed by atoms with Gasteiger partial charge in [-0.1, -0.05) is 6.92 Å². The molecule has 4 fully saturated rings. The minimum absolute atomic E-state index is 0.398. The van der Waals surface area contributed by atoms with Gasteiger partial charge in [0, 0.05) is 5.41 Å². The summed E-state index contributed by atoms with van der Waals surface area (Å²) < 4.78 is 0. The molecule has 4 bridgehead atoms. The zero-order chi connectivity index (χ0) is 9.76. The minimum Gasteiger partial charge on any atom is -0.316 e. The number of hydrogen-bond donors (Lipinski definition) is 0. The number of nitrogens with zero attached hydrogens (tertiary/aromatic N) is 1. The van der Waals surface area contributed by atoms with E-state index in [0.717, 1.165) is 30.2 Å². The summed E-state index contributed by atoms with van der Waals surface area (Å²) in [4.78, 5) is 3.70. The van der Waals surface area contributed by atoms with E-state index in [1.54, 1.807) is 0 Å². The lowest BCUT2D eigenvalue weighted by Gasteiger charge is -2.58. The van der Waals surface area contributed by atoms with Crippen molar-refractivity contribution in [2.24, 2.45) is 29.1 Å². The molecule has 4 saturated carbocycles. The van der Waals surface area contributed by atoms with Crippen LogP contribution in [0, 0.1) is 35.7 Å². The van der Waals surface area contributed by atoms with Crippen molar-refractivity contribution in [3.63, 3.8) is 0 Å². The van der Waals surface area contributed by atoms with Gasteiger partial charge in [-0.05, 0) is 55.8 Å². The minimum atomic E-state index is 0.398. The molecule has 0 aliphatic heterocycles.